The van der Waals surface area contributed by atoms with E-state index in [2.05, 4.69) is 24.9 Å². The Morgan fingerprint density at radius 2 is 1.58 bits per heavy atom. The molecule has 0 radical (unpaired) electrons. The second kappa shape index (κ2) is 8.46. The number of benzene rings is 2. The molecule has 2 N–H and O–H groups in total. The molecule has 31 heavy (non-hydrogen) atoms. The van der Waals surface area contributed by atoms with Gasteiger partial charge in [-0.2, -0.15) is 4.98 Å². The highest BCUT2D eigenvalue weighted by Crippen LogP contribution is 2.23. The number of sulfonamides is 1. The minimum atomic E-state index is -4.05. The lowest BCUT2D eigenvalue weighted by Gasteiger charge is -2.17. The van der Waals surface area contributed by atoms with Crippen LogP contribution in [0.3, 0.4) is 0 Å². The number of hydrogen-bond donors (Lipinski definition) is 2. The van der Waals surface area contributed by atoms with Gasteiger partial charge in [0.15, 0.2) is 11.6 Å². The Morgan fingerprint density at radius 3 is 2.26 bits per heavy atom. The third-order valence-corrected chi connectivity index (χ3v) is 6.22. The van der Waals surface area contributed by atoms with E-state index in [9.17, 15) is 17.2 Å². The van der Waals surface area contributed by atoms with Gasteiger partial charge in [-0.3, -0.25) is 4.72 Å². The van der Waals surface area contributed by atoms with Crippen LogP contribution >= 0.6 is 0 Å². The smallest absolute Gasteiger partial charge is 0.261 e. The lowest BCUT2D eigenvalue weighted by atomic mass is 10.3. The lowest BCUT2D eigenvalue weighted by Crippen LogP contribution is -2.21. The molecule has 2 heterocycles. The van der Waals surface area contributed by atoms with E-state index in [0.29, 0.717) is 23.5 Å². The highest BCUT2D eigenvalue weighted by Gasteiger charge is 2.18. The average molecular weight is 445 g/mol. The molecule has 1 saturated heterocycles. The van der Waals surface area contributed by atoms with Crippen LogP contribution < -0.4 is 14.9 Å². The van der Waals surface area contributed by atoms with Gasteiger partial charge in [0, 0.05) is 36.2 Å². The van der Waals surface area contributed by atoms with Gasteiger partial charge in [-0.05, 0) is 62.2 Å². The van der Waals surface area contributed by atoms with E-state index in [0.717, 1.165) is 43.8 Å². The molecule has 7 nitrogen and oxygen atoms in total. The fourth-order valence-corrected chi connectivity index (χ4v) is 4.37. The number of halogens is 2. The first-order chi connectivity index (χ1) is 14.8. The normalized spacial score (nSPS) is 14.0. The van der Waals surface area contributed by atoms with Crippen molar-refractivity contribution in [3.05, 3.63) is 65.9 Å². The van der Waals surface area contributed by atoms with Crippen LogP contribution in [0.4, 0.5) is 31.9 Å². The summed E-state index contributed by atoms with van der Waals surface area (Å²) in [4.78, 5) is 10.9. The maximum Gasteiger partial charge on any atom is 0.261 e. The number of nitrogens with zero attached hydrogens (tertiary/aromatic N) is 3. The number of aromatic nitrogens is 2. The summed E-state index contributed by atoms with van der Waals surface area (Å²) in [7, 11) is -4.05. The van der Waals surface area contributed by atoms with Crippen molar-refractivity contribution in [1.29, 1.82) is 0 Å². The molecule has 162 valence electrons. The SMILES string of the molecule is Cc1cc(Nc2ccc(NS(=O)(=O)c3ccc(F)c(F)c3)cc2)nc(N2CCCC2)n1. The molecule has 0 amide bonds. The van der Waals surface area contributed by atoms with Crippen LogP contribution in [0.5, 0.6) is 0 Å². The Labute approximate surface area is 179 Å². The summed E-state index contributed by atoms with van der Waals surface area (Å²) in [6, 6.07) is 10.8. The van der Waals surface area contributed by atoms with E-state index in [1.807, 2.05) is 13.0 Å². The number of aryl methyl sites for hydroxylation is 1. The molecule has 3 aromatic rings. The standard InChI is InChI=1S/C21H21F2N5O2S/c1-14-12-20(26-21(24-14)28-10-2-3-11-28)25-15-4-6-16(7-5-15)27-31(29,30)17-8-9-18(22)19(23)13-17/h4-9,12-13,27H,2-3,10-11H2,1H3,(H,24,25,26). The van der Waals surface area contributed by atoms with Gasteiger partial charge in [0.1, 0.15) is 5.82 Å². The summed E-state index contributed by atoms with van der Waals surface area (Å²) in [5.74, 6) is -1.00. The number of hydrogen-bond acceptors (Lipinski definition) is 6. The van der Waals surface area contributed by atoms with E-state index in [-0.39, 0.29) is 10.6 Å². The van der Waals surface area contributed by atoms with Crippen LogP contribution in [-0.4, -0.2) is 31.5 Å². The third-order valence-electron chi connectivity index (χ3n) is 4.84. The third kappa shape index (κ3) is 4.91. The van der Waals surface area contributed by atoms with Crippen molar-refractivity contribution in [3.63, 3.8) is 0 Å². The highest BCUT2D eigenvalue weighted by molar-refractivity contribution is 7.92. The minimum absolute atomic E-state index is 0.284. The Kier molecular flexibility index (Phi) is 5.73. The van der Waals surface area contributed by atoms with Gasteiger partial charge in [-0.25, -0.2) is 22.2 Å². The molecule has 1 fully saturated rings. The Hall–Kier alpha value is -3.27. The van der Waals surface area contributed by atoms with E-state index >= 15 is 0 Å². The Bertz CT molecular complexity index is 1200. The van der Waals surface area contributed by atoms with E-state index in [1.165, 1.54) is 0 Å². The molecule has 0 saturated carbocycles. The summed E-state index contributed by atoms with van der Waals surface area (Å²) >= 11 is 0. The van der Waals surface area contributed by atoms with Gasteiger partial charge in [-0.15, -0.1) is 0 Å². The average Bonchev–Trinajstić information content (AvgIpc) is 3.26. The largest absolute Gasteiger partial charge is 0.341 e. The highest BCUT2D eigenvalue weighted by atomic mass is 32.2. The molecular weight excluding hydrogens is 424 g/mol. The number of rotatable bonds is 6. The summed E-state index contributed by atoms with van der Waals surface area (Å²) in [6.45, 7) is 3.79. The summed E-state index contributed by atoms with van der Waals surface area (Å²) in [6.07, 6.45) is 2.25. The summed E-state index contributed by atoms with van der Waals surface area (Å²) in [5.41, 5.74) is 1.84. The van der Waals surface area contributed by atoms with Crippen LogP contribution in [0.15, 0.2) is 53.4 Å². The van der Waals surface area contributed by atoms with Crippen LogP contribution in [0.25, 0.3) is 0 Å². The summed E-state index contributed by atoms with van der Waals surface area (Å²) < 4.78 is 53.6. The molecule has 0 bridgehead atoms. The van der Waals surface area contributed by atoms with Gasteiger partial charge in [0.25, 0.3) is 10.0 Å². The first-order valence-corrected chi connectivity index (χ1v) is 11.2. The van der Waals surface area contributed by atoms with E-state index < -0.39 is 21.7 Å². The maximum atomic E-state index is 13.4. The minimum Gasteiger partial charge on any atom is -0.341 e. The van der Waals surface area contributed by atoms with Gasteiger partial charge in [0.05, 0.1) is 4.90 Å². The fourth-order valence-electron chi connectivity index (χ4n) is 3.30. The van der Waals surface area contributed by atoms with Gasteiger partial charge in [-0.1, -0.05) is 0 Å². The zero-order valence-corrected chi connectivity index (χ0v) is 17.6. The predicted octanol–water partition coefficient (Wildman–Crippen LogP) is 4.21. The van der Waals surface area contributed by atoms with Crippen molar-refractivity contribution in [3.8, 4) is 0 Å². The predicted molar refractivity (Wildman–Crippen MR) is 115 cm³/mol. The van der Waals surface area contributed by atoms with Crippen molar-refractivity contribution in [2.45, 2.75) is 24.7 Å². The molecular formula is C21H21F2N5O2S. The molecule has 1 aliphatic rings. The molecule has 0 atom stereocenters. The number of anilines is 4. The monoisotopic (exact) mass is 445 g/mol. The number of nitrogens with one attached hydrogen (secondary N) is 2. The molecule has 0 unspecified atom stereocenters. The summed E-state index contributed by atoms with van der Waals surface area (Å²) in [5, 5.41) is 3.20. The van der Waals surface area contributed by atoms with Crippen molar-refractivity contribution >= 4 is 33.2 Å². The molecule has 1 aromatic heterocycles. The Morgan fingerprint density at radius 1 is 0.903 bits per heavy atom. The zero-order valence-electron chi connectivity index (χ0n) is 16.8. The first-order valence-electron chi connectivity index (χ1n) is 9.76. The second-order valence-corrected chi connectivity index (χ2v) is 8.95. The molecule has 0 spiro atoms. The van der Waals surface area contributed by atoms with Crippen LogP contribution in [0.1, 0.15) is 18.5 Å². The van der Waals surface area contributed by atoms with Crippen molar-refractivity contribution in [1.82, 2.24) is 9.97 Å². The van der Waals surface area contributed by atoms with Crippen molar-refractivity contribution in [2.24, 2.45) is 0 Å². The lowest BCUT2D eigenvalue weighted by molar-refractivity contribution is 0.504. The van der Waals surface area contributed by atoms with E-state index in [1.54, 1.807) is 24.3 Å². The quantitative estimate of drug-likeness (QED) is 0.591. The van der Waals surface area contributed by atoms with Crippen LogP contribution in [0.2, 0.25) is 0 Å². The van der Waals surface area contributed by atoms with Crippen LogP contribution in [0, 0.1) is 18.6 Å². The Balaban J connectivity index is 1.48. The molecule has 0 aliphatic carbocycles. The van der Waals surface area contributed by atoms with Crippen molar-refractivity contribution < 1.29 is 17.2 Å². The van der Waals surface area contributed by atoms with Gasteiger partial charge >= 0.3 is 0 Å². The van der Waals surface area contributed by atoms with E-state index in [4.69, 9.17) is 0 Å². The fraction of sp³-hybridized carbons (Fsp3) is 0.238. The first kappa shape index (κ1) is 21.0. The molecule has 2 aromatic carbocycles. The van der Waals surface area contributed by atoms with Crippen molar-refractivity contribution in [2.75, 3.05) is 28.0 Å². The molecule has 1 aliphatic heterocycles. The molecule has 4 rings (SSSR count). The van der Waals surface area contributed by atoms with Crippen LogP contribution in [-0.2, 0) is 10.0 Å². The topological polar surface area (TPSA) is 87.2 Å². The van der Waals surface area contributed by atoms with Gasteiger partial charge in [0.2, 0.25) is 5.95 Å². The maximum absolute atomic E-state index is 13.4. The molecule has 10 heteroatoms. The van der Waals surface area contributed by atoms with Gasteiger partial charge < -0.3 is 10.2 Å². The zero-order chi connectivity index (χ0) is 22.0. The second-order valence-electron chi connectivity index (χ2n) is 7.27.